The van der Waals surface area contributed by atoms with Gasteiger partial charge in [0.1, 0.15) is 24.5 Å². The number of benzene rings is 1. The van der Waals surface area contributed by atoms with Gasteiger partial charge in [-0.1, -0.05) is 43.9 Å². The van der Waals surface area contributed by atoms with Crippen LogP contribution in [0.2, 0.25) is 25.7 Å². The molecule has 0 saturated carbocycles. The van der Waals surface area contributed by atoms with E-state index < -0.39 is 14.2 Å². The van der Waals surface area contributed by atoms with Crippen LogP contribution in [0.15, 0.2) is 42.9 Å². The molecule has 1 aromatic carbocycles. The lowest BCUT2D eigenvalue weighted by Gasteiger charge is -2.28. The Morgan fingerprint density at radius 3 is 2.86 bits per heavy atom. The molecule has 37 heavy (non-hydrogen) atoms. The molecule has 0 spiro atoms. The van der Waals surface area contributed by atoms with Gasteiger partial charge in [0, 0.05) is 47.4 Å². The normalized spacial score (nSPS) is 21.4. The first-order valence-corrected chi connectivity index (χ1v) is 16.8. The van der Waals surface area contributed by atoms with E-state index in [0.717, 1.165) is 53.6 Å². The largest absolute Gasteiger partial charge is 0.390 e. The summed E-state index contributed by atoms with van der Waals surface area (Å²) in [6, 6.07) is 10.6. The number of amides is 2. The number of fused-ring (bicyclic) bond motifs is 2. The number of aromatic nitrogens is 3. The number of urea groups is 1. The lowest BCUT2D eigenvalue weighted by Crippen LogP contribution is -2.47. The molecule has 1 aliphatic heterocycles. The maximum absolute atomic E-state index is 13.1. The molecule has 5 rings (SSSR count). The van der Waals surface area contributed by atoms with Crippen LogP contribution in [-0.4, -0.2) is 77.5 Å². The first-order valence-electron chi connectivity index (χ1n) is 13.1. The van der Waals surface area contributed by atoms with Crippen molar-refractivity contribution in [3.63, 3.8) is 0 Å². The van der Waals surface area contributed by atoms with Gasteiger partial charge in [-0.05, 0) is 29.7 Å². The van der Waals surface area contributed by atoms with Gasteiger partial charge in [0.15, 0.2) is 0 Å². The van der Waals surface area contributed by atoms with Crippen LogP contribution in [0.25, 0.3) is 11.0 Å². The number of rotatable bonds is 8. The van der Waals surface area contributed by atoms with E-state index in [-0.39, 0.29) is 18.1 Å². The van der Waals surface area contributed by atoms with Gasteiger partial charge in [-0.15, -0.1) is 0 Å². The molecule has 198 valence electrons. The number of aliphatic hydroxyl groups excluding tert-OH is 1. The third-order valence-corrected chi connectivity index (χ3v) is 9.28. The van der Waals surface area contributed by atoms with Crippen molar-refractivity contribution in [1.82, 2.24) is 24.8 Å². The summed E-state index contributed by atoms with van der Waals surface area (Å²) in [5.74, 6) is 0.891. The molecule has 0 unspecified atom stereocenters. The van der Waals surface area contributed by atoms with Gasteiger partial charge in [-0.3, -0.25) is 0 Å². The Morgan fingerprint density at radius 2 is 2.05 bits per heavy atom. The maximum atomic E-state index is 13.1. The van der Waals surface area contributed by atoms with E-state index in [1.54, 1.807) is 11.2 Å². The third-order valence-electron chi connectivity index (χ3n) is 7.58. The van der Waals surface area contributed by atoms with E-state index in [2.05, 4.69) is 45.9 Å². The van der Waals surface area contributed by atoms with Crippen molar-refractivity contribution in [1.29, 1.82) is 0 Å². The summed E-state index contributed by atoms with van der Waals surface area (Å²) < 4.78 is 7.97. The van der Waals surface area contributed by atoms with Gasteiger partial charge in [-0.2, -0.15) is 0 Å². The van der Waals surface area contributed by atoms with Crippen LogP contribution in [0.1, 0.15) is 23.6 Å². The summed E-state index contributed by atoms with van der Waals surface area (Å²) >= 11 is 0. The number of aliphatic hydroxyl groups is 1. The molecule has 0 radical (unpaired) electrons. The fraction of sp³-hybridized carbons (Fsp3) is 0.519. The van der Waals surface area contributed by atoms with E-state index in [1.807, 2.05) is 42.1 Å². The van der Waals surface area contributed by atoms with Crippen molar-refractivity contribution in [3.05, 3.63) is 54.0 Å². The number of hydrogen-bond donors (Lipinski definition) is 2. The van der Waals surface area contributed by atoms with E-state index in [4.69, 9.17) is 4.74 Å². The molecule has 1 saturated heterocycles. The second kappa shape index (κ2) is 10.4. The molecule has 3 heterocycles. The van der Waals surface area contributed by atoms with Crippen molar-refractivity contribution in [2.45, 2.75) is 63.4 Å². The lowest BCUT2D eigenvalue weighted by molar-refractivity contribution is 0.0899. The average Bonchev–Trinajstić information content (AvgIpc) is 3.58. The van der Waals surface area contributed by atoms with Crippen molar-refractivity contribution in [2.75, 3.05) is 31.6 Å². The minimum atomic E-state index is -1.12. The average molecular weight is 523 g/mol. The molecule has 2 aliphatic rings. The highest BCUT2D eigenvalue weighted by Crippen LogP contribution is 2.32. The number of hydrogen-bond acceptors (Lipinski definition) is 6. The van der Waals surface area contributed by atoms with E-state index in [1.165, 1.54) is 0 Å². The molecule has 1 fully saturated rings. The highest BCUT2D eigenvalue weighted by molar-refractivity contribution is 6.76. The Bertz CT molecular complexity index is 1260. The number of nitrogens with one attached hydrogen (secondary N) is 1. The Balaban J connectivity index is 1.21. The Kier molecular flexibility index (Phi) is 7.24. The zero-order chi connectivity index (χ0) is 26.2. The van der Waals surface area contributed by atoms with Crippen LogP contribution in [-0.2, 0) is 17.9 Å². The van der Waals surface area contributed by atoms with Gasteiger partial charge in [0.25, 0.3) is 0 Å². The quantitative estimate of drug-likeness (QED) is 0.347. The number of anilines is 1. The fourth-order valence-corrected chi connectivity index (χ4v) is 6.04. The minimum absolute atomic E-state index is 0.0470. The summed E-state index contributed by atoms with van der Waals surface area (Å²) in [5.41, 5.74) is 2.96. The van der Waals surface area contributed by atoms with E-state index in [9.17, 15) is 9.90 Å². The van der Waals surface area contributed by atoms with Crippen LogP contribution >= 0.6 is 0 Å². The highest BCUT2D eigenvalue weighted by Gasteiger charge is 2.35. The second-order valence-electron chi connectivity index (χ2n) is 11.5. The monoisotopic (exact) mass is 522 g/mol. The Labute approximate surface area is 219 Å². The molecule has 9 nitrogen and oxygen atoms in total. The molecule has 0 bridgehead atoms. The lowest BCUT2D eigenvalue weighted by atomic mass is 10.1. The number of carbonyl (C=O) groups excluding carboxylic acids is 1. The summed E-state index contributed by atoms with van der Waals surface area (Å²) in [4.78, 5) is 26.3. The number of ether oxygens (including phenoxy) is 1. The number of likely N-dealkylation sites (N-methyl/N-ethyl adjacent to an activating group) is 1. The molecule has 2 aromatic heterocycles. The molecule has 10 heteroatoms. The zero-order valence-corrected chi connectivity index (χ0v) is 23.2. The van der Waals surface area contributed by atoms with Crippen LogP contribution in [0.5, 0.6) is 0 Å². The number of carbonyl (C=O) groups is 1. The minimum Gasteiger partial charge on any atom is -0.390 e. The standard InChI is InChI=1S/C27H38N6O3Si/c1-31(27(35)30-24-21-8-6-5-7-19(21)15-23(24)34)20-9-11-32(16-20)25-22-10-12-33(26(22)29-17-28-25)18-36-13-14-37(2,3)4/h5-8,10,12,17,20,23-24,34H,9,11,13-16,18H2,1-4H3,(H,30,35)/t20-,23-,24-/m1/s1. The van der Waals surface area contributed by atoms with E-state index in [0.29, 0.717) is 19.7 Å². The molecule has 1 aliphatic carbocycles. The predicted molar refractivity (Wildman–Crippen MR) is 147 cm³/mol. The van der Waals surface area contributed by atoms with Crippen molar-refractivity contribution >= 4 is 31.0 Å². The van der Waals surface area contributed by atoms with Gasteiger partial charge in [0.2, 0.25) is 0 Å². The molecule has 3 atom stereocenters. The first-order chi connectivity index (χ1) is 17.7. The molecular formula is C27H38N6O3Si. The first kappa shape index (κ1) is 25.7. The van der Waals surface area contributed by atoms with Gasteiger partial charge >= 0.3 is 6.03 Å². The van der Waals surface area contributed by atoms with E-state index >= 15 is 0 Å². The Hall–Kier alpha value is -2.95. The summed E-state index contributed by atoms with van der Waals surface area (Å²) in [6.45, 7) is 9.79. The summed E-state index contributed by atoms with van der Waals surface area (Å²) in [5, 5.41) is 14.6. The SMILES string of the molecule is CN(C(=O)N[C@@H]1c2ccccc2C[C@H]1O)[C@@H]1CCN(c2ncnc3c2ccn3COCC[Si](C)(C)C)C1. The highest BCUT2D eigenvalue weighted by atomic mass is 28.3. The molecule has 2 amide bonds. The Morgan fingerprint density at radius 1 is 1.24 bits per heavy atom. The second-order valence-corrected chi connectivity index (χ2v) is 17.1. The van der Waals surface area contributed by atoms with Gasteiger partial charge in [-0.25, -0.2) is 14.8 Å². The topological polar surface area (TPSA) is 95.8 Å². The van der Waals surface area contributed by atoms with Gasteiger partial charge < -0.3 is 29.5 Å². The zero-order valence-electron chi connectivity index (χ0n) is 22.2. The van der Waals surface area contributed by atoms with Crippen molar-refractivity contribution < 1.29 is 14.6 Å². The van der Waals surface area contributed by atoms with Crippen LogP contribution < -0.4 is 10.2 Å². The number of nitrogens with zero attached hydrogens (tertiary/aromatic N) is 5. The molecule has 3 aromatic rings. The van der Waals surface area contributed by atoms with Gasteiger partial charge in [0.05, 0.1) is 23.6 Å². The van der Waals surface area contributed by atoms with Crippen LogP contribution in [0.4, 0.5) is 10.6 Å². The van der Waals surface area contributed by atoms with Crippen LogP contribution in [0, 0.1) is 0 Å². The van der Waals surface area contributed by atoms with Crippen molar-refractivity contribution in [3.8, 4) is 0 Å². The summed E-state index contributed by atoms with van der Waals surface area (Å²) in [7, 11) is 0.709. The summed E-state index contributed by atoms with van der Waals surface area (Å²) in [6.07, 6.45) is 4.43. The van der Waals surface area contributed by atoms with Crippen LogP contribution in [0.3, 0.4) is 0 Å². The maximum Gasteiger partial charge on any atom is 0.318 e. The smallest absolute Gasteiger partial charge is 0.318 e. The molecular weight excluding hydrogens is 484 g/mol. The van der Waals surface area contributed by atoms with Crippen molar-refractivity contribution in [2.24, 2.45) is 0 Å². The predicted octanol–water partition coefficient (Wildman–Crippen LogP) is 3.62. The fourth-order valence-electron chi connectivity index (χ4n) is 5.29. The third kappa shape index (κ3) is 5.51. The molecule has 2 N–H and O–H groups in total.